The van der Waals surface area contributed by atoms with Crippen LogP contribution in [0.5, 0.6) is 5.75 Å². The zero-order valence-corrected chi connectivity index (χ0v) is 21.1. The normalized spacial score (nSPS) is 30.9. The number of rotatable bonds is 4. The maximum absolute atomic E-state index is 13.3. The molecule has 188 valence electrons. The molecule has 3 rings (SSSR count). The van der Waals surface area contributed by atoms with Crippen molar-refractivity contribution in [1.29, 1.82) is 0 Å². The molecule has 0 aliphatic carbocycles. The topological polar surface area (TPSA) is 86.7 Å². The van der Waals surface area contributed by atoms with Crippen molar-refractivity contribution in [1.82, 2.24) is 0 Å². The van der Waals surface area contributed by atoms with Crippen molar-refractivity contribution in [3.8, 4) is 5.75 Å². The fourth-order valence-electron chi connectivity index (χ4n) is 4.02. The van der Waals surface area contributed by atoms with Crippen molar-refractivity contribution in [2.45, 2.75) is 64.3 Å². The van der Waals surface area contributed by atoms with Crippen LogP contribution in [-0.4, -0.2) is 69.3 Å². The number of nitrogens with zero attached hydrogens (tertiary/aromatic N) is 1. The van der Waals surface area contributed by atoms with Gasteiger partial charge in [0.05, 0.1) is 6.10 Å². The van der Waals surface area contributed by atoms with E-state index in [4.69, 9.17) is 23.7 Å². The van der Waals surface area contributed by atoms with Gasteiger partial charge in [-0.1, -0.05) is 31.2 Å². The van der Waals surface area contributed by atoms with Gasteiger partial charge in [-0.25, -0.2) is 4.79 Å². The molecule has 34 heavy (non-hydrogen) atoms. The van der Waals surface area contributed by atoms with E-state index in [1.54, 1.807) is 12.1 Å². The summed E-state index contributed by atoms with van der Waals surface area (Å²) in [5.74, 6) is -1.05. The van der Waals surface area contributed by atoms with Crippen LogP contribution in [0, 0.1) is 5.92 Å². The third-order valence-corrected chi connectivity index (χ3v) is 6.04. The van der Waals surface area contributed by atoms with Gasteiger partial charge in [0, 0.05) is 38.9 Å². The number of benzene rings is 1. The van der Waals surface area contributed by atoms with Gasteiger partial charge >= 0.3 is 5.97 Å². The Morgan fingerprint density at radius 1 is 1.18 bits per heavy atom. The van der Waals surface area contributed by atoms with Gasteiger partial charge in [-0.05, 0) is 38.8 Å². The summed E-state index contributed by atoms with van der Waals surface area (Å²) in [6.45, 7) is 7.43. The molecule has 0 amide bonds. The van der Waals surface area contributed by atoms with Gasteiger partial charge in [-0.15, -0.1) is 0 Å². The summed E-state index contributed by atoms with van der Waals surface area (Å²) >= 11 is 0. The van der Waals surface area contributed by atoms with Crippen LogP contribution in [0.2, 0.25) is 0 Å². The molecule has 0 spiro atoms. The molecule has 0 radical (unpaired) electrons. The van der Waals surface area contributed by atoms with Crippen LogP contribution in [0.1, 0.15) is 50.0 Å². The van der Waals surface area contributed by atoms with Crippen LogP contribution in [0.3, 0.4) is 0 Å². The van der Waals surface area contributed by atoms with E-state index >= 15 is 0 Å². The molecule has 1 fully saturated rings. The van der Waals surface area contributed by atoms with E-state index in [0.29, 0.717) is 23.3 Å². The monoisotopic (exact) mass is 475 g/mol. The average molecular weight is 476 g/mol. The summed E-state index contributed by atoms with van der Waals surface area (Å²) < 4.78 is 28.8. The number of carbonyl (C=O) groups excluding carboxylic acids is 1. The molecular formula is C26H37NO7. The number of carbonyl (C=O) groups is 1. The number of fused-ring (bicyclic) bond motifs is 2. The number of hydrogen-bond donors (Lipinski definition) is 1. The maximum Gasteiger partial charge on any atom is 0.342 e. The molecule has 0 bridgehead atoms. The number of methoxy groups -OCH3 is 1. The third kappa shape index (κ3) is 6.18. The first-order chi connectivity index (χ1) is 16.0. The van der Waals surface area contributed by atoms with E-state index in [1.807, 2.05) is 71.0 Å². The Balaban J connectivity index is 2.09. The fourth-order valence-corrected chi connectivity index (χ4v) is 4.02. The van der Waals surface area contributed by atoms with Gasteiger partial charge in [0.2, 0.25) is 0 Å². The molecule has 0 saturated carbocycles. The maximum atomic E-state index is 13.3. The van der Waals surface area contributed by atoms with E-state index in [9.17, 15) is 9.90 Å². The Morgan fingerprint density at radius 2 is 1.91 bits per heavy atom. The standard InChI is InChI=1S/C26H37NO7/c1-16-11-12-20(28)24-21(33-26(3,4)34-24)10-8-9-18-13-19(27(5)6)14-22(31-15-30-7)23(18)25(29)32-17(16)2/h8-9,11-14,16-17,20-21,24,28H,10,15H2,1-7H3/b9-8+,12-11-/t16-,17+,20?,21+,24?/m1/s1. The lowest BCUT2D eigenvalue weighted by atomic mass is 9.98. The van der Waals surface area contributed by atoms with Crippen LogP contribution in [0.25, 0.3) is 6.08 Å². The molecule has 2 heterocycles. The Morgan fingerprint density at radius 3 is 2.59 bits per heavy atom. The van der Waals surface area contributed by atoms with Gasteiger partial charge < -0.3 is 33.7 Å². The highest BCUT2D eigenvalue weighted by atomic mass is 16.8. The van der Waals surface area contributed by atoms with Crippen molar-refractivity contribution in [2.75, 3.05) is 32.9 Å². The van der Waals surface area contributed by atoms with Gasteiger partial charge in [0.1, 0.15) is 29.6 Å². The lowest BCUT2D eigenvalue weighted by Crippen LogP contribution is -2.34. The van der Waals surface area contributed by atoms with Crippen LogP contribution in [0.4, 0.5) is 5.69 Å². The Labute approximate surface area is 202 Å². The van der Waals surface area contributed by atoms with Gasteiger partial charge in [-0.2, -0.15) is 0 Å². The van der Waals surface area contributed by atoms with Crippen molar-refractivity contribution < 1.29 is 33.6 Å². The minimum atomic E-state index is -0.852. The van der Waals surface area contributed by atoms with Crippen molar-refractivity contribution in [2.24, 2.45) is 5.92 Å². The predicted octanol–water partition coefficient (Wildman–Crippen LogP) is 3.77. The number of aliphatic hydroxyl groups is 1. The summed E-state index contributed by atoms with van der Waals surface area (Å²) in [7, 11) is 5.36. The predicted molar refractivity (Wildman–Crippen MR) is 130 cm³/mol. The van der Waals surface area contributed by atoms with E-state index in [-0.39, 0.29) is 18.8 Å². The molecule has 8 heteroatoms. The zero-order valence-electron chi connectivity index (χ0n) is 21.1. The smallest absolute Gasteiger partial charge is 0.342 e. The zero-order chi connectivity index (χ0) is 25.0. The number of aliphatic hydroxyl groups excluding tert-OH is 1. The molecule has 5 atom stereocenters. The number of anilines is 1. The summed E-state index contributed by atoms with van der Waals surface area (Å²) in [4.78, 5) is 15.3. The molecule has 1 aromatic rings. The molecule has 1 aromatic carbocycles. The van der Waals surface area contributed by atoms with Crippen molar-refractivity contribution in [3.63, 3.8) is 0 Å². The van der Waals surface area contributed by atoms with E-state index in [2.05, 4.69) is 0 Å². The van der Waals surface area contributed by atoms with E-state index in [1.165, 1.54) is 7.11 Å². The minimum absolute atomic E-state index is 0.00306. The summed E-state index contributed by atoms with van der Waals surface area (Å²) in [5.41, 5.74) is 1.85. The largest absolute Gasteiger partial charge is 0.467 e. The number of cyclic esters (lactones) is 1. The Hall–Kier alpha value is -2.39. The van der Waals surface area contributed by atoms with Crippen LogP contribution < -0.4 is 9.64 Å². The molecule has 1 saturated heterocycles. The van der Waals surface area contributed by atoms with Gasteiger partial charge in [-0.3, -0.25) is 0 Å². The Bertz CT molecular complexity index is 924. The highest BCUT2D eigenvalue weighted by Crippen LogP contribution is 2.35. The molecule has 2 unspecified atom stereocenters. The highest BCUT2D eigenvalue weighted by Gasteiger charge is 2.43. The average Bonchev–Trinajstić information content (AvgIpc) is 3.08. The second-order valence-corrected chi connectivity index (χ2v) is 9.48. The molecule has 2 aliphatic heterocycles. The SMILES string of the molecule is COCOc1cc(N(C)C)cc2c1C(=O)O[C@@H](C)[C@H](C)/C=C\C(O)C1OC(C)(C)O[C@H]1C/C=C/2. The van der Waals surface area contributed by atoms with Gasteiger partial charge in [0.15, 0.2) is 12.6 Å². The number of hydrogen-bond acceptors (Lipinski definition) is 8. The summed E-state index contributed by atoms with van der Waals surface area (Å²) in [5, 5.41) is 10.8. The van der Waals surface area contributed by atoms with Crippen molar-refractivity contribution >= 4 is 17.7 Å². The quantitative estimate of drug-likeness (QED) is 0.400. The lowest BCUT2D eigenvalue weighted by Gasteiger charge is -2.23. The van der Waals surface area contributed by atoms with Crippen LogP contribution in [-0.2, 0) is 18.9 Å². The molecule has 0 aromatic heterocycles. The number of esters is 1. The van der Waals surface area contributed by atoms with Crippen molar-refractivity contribution in [3.05, 3.63) is 41.5 Å². The van der Waals surface area contributed by atoms with Gasteiger partial charge in [0.25, 0.3) is 0 Å². The lowest BCUT2D eigenvalue weighted by molar-refractivity contribution is -0.152. The second-order valence-electron chi connectivity index (χ2n) is 9.48. The fraction of sp³-hybridized carbons (Fsp3) is 0.577. The first-order valence-corrected chi connectivity index (χ1v) is 11.6. The summed E-state index contributed by atoms with van der Waals surface area (Å²) in [6.07, 6.45) is 5.64. The van der Waals surface area contributed by atoms with Crippen LogP contribution >= 0.6 is 0 Å². The first-order valence-electron chi connectivity index (χ1n) is 11.6. The van der Waals surface area contributed by atoms with E-state index < -0.39 is 30.1 Å². The minimum Gasteiger partial charge on any atom is -0.467 e. The van der Waals surface area contributed by atoms with Crippen LogP contribution in [0.15, 0.2) is 30.4 Å². The summed E-state index contributed by atoms with van der Waals surface area (Å²) in [6, 6.07) is 3.71. The number of ether oxygens (including phenoxy) is 5. The third-order valence-electron chi connectivity index (χ3n) is 6.04. The molecular weight excluding hydrogens is 438 g/mol. The molecule has 8 nitrogen and oxygen atoms in total. The molecule has 1 N–H and O–H groups in total. The molecule has 2 aliphatic rings. The first kappa shape index (κ1) is 26.2. The Kier molecular flexibility index (Phi) is 8.41. The highest BCUT2D eigenvalue weighted by molar-refractivity contribution is 5.97. The van der Waals surface area contributed by atoms with E-state index in [0.717, 1.165) is 5.69 Å². The second kappa shape index (κ2) is 10.9.